The van der Waals surface area contributed by atoms with Crippen LogP contribution in [0.25, 0.3) is 0 Å². The number of rotatable bonds is 6. The van der Waals surface area contributed by atoms with E-state index in [4.69, 9.17) is 5.11 Å². The minimum atomic E-state index is -1.33. The molecular formula is C10H12N4O4S. The zero-order valence-corrected chi connectivity index (χ0v) is 11.1. The molecular weight excluding hydrogens is 272 g/mol. The van der Waals surface area contributed by atoms with E-state index >= 15 is 0 Å². The molecule has 0 atom stereocenters. The maximum atomic E-state index is 11.8. The number of carboxylic acid groups (broad SMARTS) is 1. The van der Waals surface area contributed by atoms with E-state index in [9.17, 15) is 14.5 Å². The first-order valence-corrected chi connectivity index (χ1v) is 5.98. The number of aromatic carboxylic acids is 1. The fourth-order valence-corrected chi connectivity index (χ4v) is 1.51. The molecule has 0 radical (unpaired) electrons. The molecule has 1 amide bonds. The first-order valence-electron chi connectivity index (χ1n) is 5.21. The molecule has 1 aromatic rings. The lowest BCUT2D eigenvalue weighted by molar-refractivity contribution is 0.0683. The van der Waals surface area contributed by atoms with Crippen molar-refractivity contribution in [1.82, 2.24) is 15.3 Å². The van der Waals surface area contributed by atoms with Gasteiger partial charge in [0.1, 0.15) is 0 Å². The number of carboxylic acids is 1. The Balaban J connectivity index is 2.79. The molecule has 0 saturated carbocycles. The summed E-state index contributed by atoms with van der Waals surface area (Å²) in [5, 5.41) is 11.4. The lowest BCUT2D eigenvalue weighted by atomic mass is 10.2. The van der Waals surface area contributed by atoms with Crippen LogP contribution in [0.15, 0.2) is 17.0 Å². The summed E-state index contributed by atoms with van der Waals surface area (Å²) in [5.74, 6) is -1.99. The van der Waals surface area contributed by atoms with Gasteiger partial charge in [0, 0.05) is 35.5 Å². The third kappa shape index (κ3) is 4.28. The summed E-state index contributed by atoms with van der Waals surface area (Å²) in [4.78, 5) is 40.2. The number of carbonyl (C=O) groups is 2. The molecule has 0 saturated heterocycles. The Bertz CT molecular complexity index is 506. The summed E-state index contributed by atoms with van der Waals surface area (Å²) in [7, 11) is 0. The first-order chi connectivity index (χ1) is 8.87. The van der Waals surface area contributed by atoms with Crippen LogP contribution in [0, 0.1) is 4.91 Å². The predicted molar refractivity (Wildman–Crippen MR) is 68.8 cm³/mol. The molecule has 8 nitrogen and oxygen atoms in total. The third-order valence-electron chi connectivity index (χ3n) is 2.07. The minimum Gasteiger partial charge on any atom is -0.476 e. The van der Waals surface area contributed by atoms with Crippen molar-refractivity contribution >= 4 is 23.8 Å². The van der Waals surface area contributed by atoms with Crippen molar-refractivity contribution in [2.24, 2.45) is 4.58 Å². The van der Waals surface area contributed by atoms with Gasteiger partial charge in [-0.15, -0.1) is 4.91 Å². The average molecular weight is 284 g/mol. The van der Waals surface area contributed by atoms with Crippen molar-refractivity contribution in [1.29, 1.82) is 0 Å². The number of hydrogen-bond acceptors (Lipinski definition) is 7. The standard InChI is InChI=1S/C10H12N4O4S/c1-10(2,19-14-18)5-13-8(15)6-7(9(16)17)12-4-3-11-6/h3-4H,5H2,1-2H3,(H,13,15)(H,16,17). The SMILES string of the molecule is CC(C)(CNC(=O)c1nccnc1C(=O)O)SN=O. The molecule has 0 aliphatic rings. The fraction of sp³-hybridized carbons (Fsp3) is 0.400. The minimum absolute atomic E-state index is 0.137. The summed E-state index contributed by atoms with van der Waals surface area (Å²) in [5.41, 5.74) is -0.686. The number of carbonyl (C=O) groups excluding carboxylic acids is 1. The highest BCUT2D eigenvalue weighted by Gasteiger charge is 2.24. The van der Waals surface area contributed by atoms with Crippen molar-refractivity contribution in [3.63, 3.8) is 0 Å². The van der Waals surface area contributed by atoms with Gasteiger partial charge in [0.15, 0.2) is 11.4 Å². The van der Waals surface area contributed by atoms with Gasteiger partial charge in [-0.3, -0.25) is 4.79 Å². The Kier molecular flexibility index (Phi) is 4.93. The number of nitroso groups, excluding NO2 is 1. The van der Waals surface area contributed by atoms with Crippen LogP contribution >= 0.6 is 11.9 Å². The van der Waals surface area contributed by atoms with Crippen LogP contribution < -0.4 is 5.32 Å². The molecule has 1 rings (SSSR count). The van der Waals surface area contributed by atoms with Crippen LogP contribution in [0.5, 0.6) is 0 Å². The molecule has 0 aromatic carbocycles. The Labute approximate surface area is 113 Å². The summed E-state index contributed by atoms with van der Waals surface area (Å²) >= 11 is 0.784. The predicted octanol–water partition coefficient (Wildman–Crippen LogP) is 1.10. The quantitative estimate of drug-likeness (QED) is 0.592. The van der Waals surface area contributed by atoms with E-state index in [-0.39, 0.29) is 12.2 Å². The fourth-order valence-electron chi connectivity index (χ4n) is 1.17. The Morgan fingerprint density at radius 1 is 1.37 bits per heavy atom. The lowest BCUT2D eigenvalue weighted by Crippen LogP contribution is -2.37. The van der Waals surface area contributed by atoms with Crippen LogP contribution in [0.1, 0.15) is 34.8 Å². The van der Waals surface area contributed by atoms with Crippen molar-refractivity contribution in [3.8, 4) is 0 Å². The van der Waals surface area contributed by atoms with E-state index in [0.29, 0.717) is 0 Å². The molecule has 0 fully saturated rings. The molecule has 2 N–H and O–H groups in total. The molecule has 0 aliphatic carbocycles. The van der Waals surface area contributed by atoms with E-state index in [2.05, 4.69) is 19.9 Å². The summed E-state index contributed by atoms with van der Waals surface area (Å²) < 4.78 is 2.10. The highest BCUT2D eigenvalue weighted by Crippen LogP contribution is 2.23. The maximum absolute atomic E-state index is 11.8. The topological polar surface area (TPSA) is 122 Å². The summed E-state index contributed by atoms with van der Waals surface area (Å²) in [6.07, 6.45) is 2.42. The third-order valence-corrected chi connectivity index (χ3v) is 2.79. The van der Waals surface area contributed by atoms with Gasteiger partial charge in [-0.25, -0.2) is 14.8 Å². The normalized spacial score (nSPS) is 10.8. The smallest absolute Gasteiger partial charge is 0.356 e. The van der Waals surface area contributed by atoms with Gasteiger partial charge in [0.2, 0.25) is 0 Å². The highest BCUT2D eigenvalue weighted by atomic mass is 32.2. The molecule has 19 heavy (non-hydrogen) atoms. The van der Waals surface area contributed by atoms with Gasteiger partial charge >= 0.3 is 5.97 Å². The number of nitrogens with zero attached hydrogens (tertiary/aromatic N) is 3. The summed E-state index contributed by atoms with van der Waals surface area (Å²) in [6.45, 7) is 3.57. The average Bonchev–Trinajstić information content (AvgIpc) is 2.36. The molecule has 9 heteroatoms. The molecule has 102 valence electrons. The number of hydrogen-bond donors (Lipinski definition) is 2. The zero-order chi connectivity index (χ0) is 14.5. The molecule has 0 aliphatic heterocycles. The van der Waals surface area contributed by atoms with Crippen molar-refractivity contribution in [3.05, 3.63) is 28.7 Å². The Morgan fingerprint density at radius 2 is 1.95 bits per heavy atom. The number of nitrogens with one attached hydrogen (secondary N) is 1. The number of amides is 1. The van der Waals surface area contributed by atoms with Crippen molar-refractivity contribution < 1.29 is 14.7 Å². The molecule has 0 unspecified atom stereocenters. The van der Waals surface area contributed by atoms with Crippen LogP contribution in [-0.2, 0) is 0 Å². The molecule has 1 heterocycles. The van der Waals surface area contributed by atoms with Gasteiger partial charge in [-0.05, 0) is 13.8 Å². The first kappa shape index (κ1) is 15.0. The van der Waals surface area contributed by atoms with Crippen LogP contribution in [0.3, 0.4) is 0 Å². The Morgan fingerprint density at radius 3 is 2.47 bits per heavy atom. The second-order valence-electron chi connectivity index (χ2n) is 4.17. The van der Waals surface area contributed by atoms with E-state index in [0.717, 1.165) is 11.9 Å². The number of aromatic nitrogens is 2. The Hall–Kier alpha value is -2.03. The van der Waals surface area contributed by atoms with Crippen LogP contribution in [0.4, 0.5) is 0 Å². The summed E-state index contributed by atoms with van der Waals surface area (Å²) in [6, 6.07) is 0. The van der Waals surface area contributed by atoms with Gasteiger partial charge in [-0.2, -0.15) is 0 Å². The van der Waals surface area contributed by atoms with E-state index in [1.807, 2.05) is 0 Å². The van der Waals surface area contributed by atoms with Gasteiger partial charge in [0.05, 0.1) is 4.75 Å². The van der Waals surface area contributed by atoms with E-state index < -0.39 is 22.3 Å². The van der Waals surface area contributed by atoms with Crippen LogP contribution in [-0.4, -0.2) is 38.2 Å². The van der Waals surface area contributed by atoms with Crippen LogP contribution in [0.2, 0.25) is 0 Å². The largest absolute Gasteiger partial charge is 0.476 e. The van der Waals surface area contributed by atoms with Crippen molar-refractivity contribution in [2.75, 3.05) is 6.54 Å². The van der Waals surface area contributed by atoms with Crippen molar-refractivity contribution in [2.45, 2.75) is 18.6 Å². The zero-order valence-electron chi connectivity index (χ0n) is 10.3. The molecule has 0 spiro atoms. The highest BCUT2D eigenvalue weighted by molar-refractivity contribution is 7.99. The van der Waals surface area contributed by atoms with E-state index in [1.165, 1.54) is 12.4 Å². The lowest BCUT2D eigenvalue weighted by Gasteiger charge is -2.19. The van der Waals surface area contributed by atoms with Gasteiger partial charge in [-0.1, -0.05) is 0 Å². The van der Waals surface area contributed by atoms with E-state index in [1.54, 1.807) is 13.8 Å². The molecule has 1 aromatic heterocycles. The monoisotopic (exact) mass is 284 g/mol. The molecule has 0 bridgehead atoms. The maximum Gasteiger partial charge on any atom is 0.356 e. The second kappa shape index (κ2) is 6.23. The van der Waals surface area contributed by atoms with Gasteiger partial charge in [0.25, 0.3) is 5.91 Å². The van der Waals surface area contributed by atoms with Gasteiger partial charge < -0.3 is 10.4 Å². The second-order valence-corrected chi connectivity index (χ2v) is 5.60.